The normalized spacial score (nSPS) is 14.8. The fraction of sp³-hybridized carbons (Fsp3) is 0.167. The third-order valence-electron chi connectivity index (χ3n) is 5.52. The van der Waals surface area contributed by atoms with Crippen LogP contribution in [0.1, 0.15) is 41.1 Å². The van der Waals surface area contributed by atoms with E-state index in [0.717, 1.165) is 42.5 Å². The Balaban J connectivity index is 1.69. The second-order valence-electron chi connectivity index (χ2n) is 7.75. The maximum atomic E-state index is 13.8. The molecule has 0 bridgehead atoms. The van der Waals surface area contributed by atoms with Gasteiger partial charge in [0.15, 0.2) is 0 Å². The molecule has 0 radical (unpaired) electrons. The molecule has 1 atom stereocenters. The van der Waals surface area contributed by atoms with Crippen molar-refractivity contribution < 1.29 is 14.3 Å². The molecular formula is C24H23FN6O2. The lowest BCUT2D eigenvalue weighted by Crippen LogP contribution is -2.21. The molecule has 1 aromatic heterocycles. The molecule has 2 aromatic carbocycles. The van der Waals surface area contributed by atoms with Gasteiger partial charge in [-0.3, -0.25) is 10.2 Å². The van der Waals surface area contributed by atoms with Crippen LogP contribution in [0.5, 0.6) is 5.75 Å². The predicted octanol–water partition coefficient (Wildman–Crippen LogP) is 3.93. The van der Waals surface area contributed by atoms with Gasteiger partial charge in [0.25, 0.3) is 0 Å². The number of phenols is 1. The number of nitrogens with two attached hydrogens (primary N) is 1. The van der Waals surface area contributed by atoms with Crippen LogP contribution in [-0.2, 0) is 11.2 Å². The number of nitrogens with one attached hydrogen (secondary N) is 3. The van der Waals surface area contributed by atoms with Gasteiger partial charge in [-0.25, -0.2) is 14.4 Å². The molecule has 3 aromatic rings. The van der Waals surface area contributed by atoms with E-state index in [1.165, 1.54) is 18.5 Å². The van der Waals surface area contributed by atoms with Crippen molar-refractivity contribution in [1.29, 1.82) is 5.41 Å². The summed E-state index contributed by atoms with van der Waals surface area (Å²) in [4.78, 5) is 20.0. The fourth-order valence-corrected chi connectivity index (χ4v) is 4.00. The zero-order valence-corrected chi connectivity index (χ0v) is 17.7. The van der Waals surface area contributed by atoms with Crippen LogP contribution in [0.15, 0.2) is 55.4 Å². The van der Waals surface area contributed by atoms with Crippen molar-refractivity contribution in [3.8, 4) is 5.75 Å². The van der Waals surface area contributed by atoms with Crippen molar-refractivity contribution in [3.63, 3.8) is 0 Å². The standard InChI is InChI=1S/C24H23FN6O2/c1-2-20(33)30-16-7-6-13-4-3-5-19(18(13)11-16)31-24-21(23(27)28-12-29-24)22(26)14-8-15(25)10-17(32)9-14/h2,6-12,19,26,32H,1,3-5H2,(H,30,33)(H3,27,28,29,31). The highest BCUT2D eigenvalue weighted by molar-refractivity contribution is 6.16. The van der Waals surface area contributed by atoms with E-state index < -0.39 is 5.82 Å². The number of aryl methyl sites for hydroxylation is 1. The smallest absolute Gasteiger partial charge is 0.247 e. The fourth-order valence-electron chi connectivity index (χ4n) is 4.00. The van der Waals surface area contributed by atoms with E-state index in [1.54, 1.807) is 0 Å². The topological polar surface area (TPSA) is 137 Å². The Bertz CT molecular complexity index is 1240. The number of halogens is 1. The van der Waals surface area contributed by atoms with E-state index in [1.807, 2.05) is 18.2 Å². The van der Waals surface area contributed by atoms with Gasteiger partial charge in [0.05, 0.1) is 17.3 Å². The van der Waals surface area contributed by atoms with Crippen LogP contribution in [0, 0.1) is 11.2 Å². The summed E-state index contributed by atoms with van der Waals surface area (Å²) in [7, 11) is 0. The first-order valence-corrected chi connectivity index (χ1v) is 10.4. The Morgan fingerprint density at radius 2 is 2.09 bits per heavy atom. The molecule has 0 spiro atoms. The van der Waals surface area contributed by atoms with Crippen LogP contribution in [0.3, 0.4) is 0 Å². The maximum Gasteiger partial charge on any atom is 0.247 e. The number of carbonyl (C=O) groups is 1. The van der Waals surface area contributed by atoms with Gasteiger partial charge in [0.1, 0.15) is 29.5 Å². The van der Waals surface area contributed by atoms with Crippen molar-refractivity contribution in [1.82, 2.24) is 9.97 Å². The third kappa shape index (κ3) is 4.67. The number of nitrogens with zero attached hydrogens (tertiary/aromatic N) is 2. The molecule has 0 fully saturated rings. The number of fused-ring (bicyclic) bond motifs is 1. The van der Waals surface area contributed by atoms with Gasteiger partial charge >= 0.3 is 0 Å². The third-order valence-corrected chi connectivity index (χ3v) is 5.52. The number of anilines is 3. The van der Waals surface area contributed by atoms with E-state index in [4.69, 9.17) is 11.1 Å². The predicted molar refractivity (Wildman–Crippen MR) is 125 cm³/mol. The Morgan fingerprint density at radius 1 is 1.27 bits per heavy atom. The van der Waals surface area contributed by atoms with Crippen LogP contribution in [-0.4, -0.2) is 26.7 Å². The minimum atomic E-state index is -0.671. The highest BCUT2D eigenvalue weighted by Gasteiger charge is 2.24. The monoisotopic (exact) mass is 446 g/mol. The molecule has 1 heterocycles. The summed E-state index contributed by atoms with van der Waals surface area (Å²) < 4.78 is 13.8. The quantitative estimate of drug-likeness (QED) is 0.287. The van der Waals surface area contributed by atoms with Crippen molar-refractivity contribution in [3.05, 3.63) is 83.5 Å². The zero-order chi connectivity index (χ0) is 23.5. The Labute approximate surface area is 189 Å². The van der Waals surface area contributed by atoms with E-state index >= 15 is 0 Å². The lowest BCUT2D eigenvalue weighted by molar-refractivity contribution is -0.111. The van der Waals surface area contributed by atoms with Crippen molar-refractivity contribution >= 4 is 28.9 Å². The SMILES string of the molecule is C=CC(=O)Nc1ccc2c(c1)C(Nc1ncnc(N)c1C(=N)c1cc(O)cc(F)c1)CCC2. The number of hydrogen-bond donors (Lipinski definition) is 5. The Morgan fingerprint density at radius 3 is 2.85 bits per heavy atom. The number of hydrogen-bond acceptors (Lipinski definition) is 7. The largest absolute Gasteiger partial charge is 0.508 e. The van der Waals surface area contributed by atoms with Gasteiger partial charge in [0, 0.05) is 17.3 Å². The van der Waals surface area contributed by atoms with Crippen LogP contribution in [0.25, 0.3) is 0 Å². The van der Waals surface area contributed by atoms with E-state index in [9.17, 15) is 14.3 Å². The number of phenolic OH excluding ortho intramolecular Hbond substituents is 1. The minimum absolute atomic E-state index is 0.0595. The molecule has 0 saturated heterocycles. The summed E-state index contributed by atoms with van der Waals surface area (Å²) in [5.74, 6) is -0.878. The van der Waals surface area contributed by atoms with E-state index in [2.05, 4.69) is 27.2 Å². The first-order chi connectivity index (χ1) is 15.9. The number of rotatable bonds is 6. The van der Waals surface area contributed by atoms with Crippen LogP contribution in [0.2, 0.25) is 0 Å². The molecule has 4 rings (SSSR count). The molecule has 1 aliphatic carbocycles. The van der Waals surface area contributed by atoms with Gasteiger partial charge in [-0.15, -0.1) is 0 Å². The highest BCUT2D eigenvalue weighted by atomic mass is 19.1. The molecule has 1 aliphatic rings. The molecule has 33 heavy (non-hydrogen) atoms. The van der Waals surface area contributed by atoms with Crippen molar-refractivity contribution in [2.45, 2.75) is 25.3 Å². The van der Waals surface area contributed by atoms with Crippen LogP contribution in [0.4, 0.5) is 21.7 Å². The first kappa shape index (κ1) is 21.9. The lowest BCUT2D eigenvalue weighted by Gasteiger charge is -2.28. The molecule has 1 amide bonds. The second kappa shape index (κ2) is 9.07. The molecule has 1 unspecified atom stereocenters. The number of nitrogen functional groups attached to an aromatic ring is 1. The summed E-state index contributed by atoms with van der Waals surface area (Å²) in [6.45, 7) is 3.48. The first-order valence-electron chi connectivity index (χ1n) is 10.4. The number of benzene rings is 2. The van der Waals surface area contributed by atoms with Gasteiger partial charge in [0.2, 0.25) is 5.91 Å². The van der Waals surface area contributed by atoms with E-state index in [0.29, 0.717) is 11.5 Å². The second-order valence-corrected chi connectivity index (χ2v) is 7.75. The summed E-state index contributed by atoms with van der Waals surface area (Å²) in [5, 5.41) is 24.5. The molecule has 0 aliphatic heterocycles. The van der Waals surface area contributed by atoms with Crippen LogP contribution < -0.4 is 16.4 Å². The average molecular weight is 446 g/mol. The van der Waals surface area contributed by atoms with E-state index in [-0.39, 0.29) is 40.4 Å². The van der Waals surface area contributed by atoms with Crippen molar-refractivity contribution in [2.24, 2.45) is 0 Å². The summed E-state index contributed by atoms with van der Waals surface area (Å²) in [6.07, 6.45) is 5.14. The number of amides is 1. The minimum Gasteiger partial charge on any atom is -0.508 e. The Hall–Kier alpha value is -4.27. The van der Waals surface area contributed by atoms with Gasteiger partial charge < -0.3 is 21.5 Å². The molecule has 168 valence electrons. The molecule has 6 N–H and O–H groups in total. The molecule has 9 heteroatoms. The van der Waals surface area contributed by atoms with Gasteiger partial charge in [-0.05, 0) is 60.7 Å². The summed E-state index contributed by atoms with van der Waals surface area (Å²) in [6, 6.07) is 8.97. The zero-order valence-electron chi connectivity index (χ0n) is 17.7. The Kier molecular flexibility index (Phi) is 6.03. The number of aromatic nitrogens is 2. The molecule has 0 saturated carbocycles. The maximum absolute atomic E-state index is 13.8. The van der Waals surface area contributed by atoms with Crippen LogP contribution >= 0.6 is 0 Å². The average Bonchev–Trinajstić information content (AvgIpc) is 2.78. The number of aromatic hydroxyl groups is 1. The van der Waals surface area contributed by atoms with Gasteiger partial charge in [-0.2, -0.15) is 0 Å². The molecular weight excluding hydrogens is 423 g/mol. The lowest BCUT2D eigenvalue weighted by atomic mass is 9.87. The number of carbonyl (C=O) groups excluding carboxylic acids is 1. The summed E-state index contributed by atoms with van der Waals surface area (Å²) >= 11 is 0. The molecule has 8 nitrogen and oxygen atoms in total. The summed E-state index contributed by atoms with van der Waals surface area (Å²) in [5.41, 5.74) is 9.12. The highest BCUT2D eigenvalue weighted by Crippen LogP contribution is 2.35. The van der Waals surface area contributed by atoms with Gasteiger partial charge in [-0.1, -0.05) is 12.6 Å². The van der Waals surface area contributed by atoms with Crippen molar-refractivity contribution in [2.75, 3.05) is 16.4 Å².